The van der Waals surface area contributed by atoms with Crippen LogP contribution in [0.2, 0.25) is 0 Å². The molecule has 2 aromatic rings. The van der Waals surface area contributed by atoms with E-state index in [2.05, 4.69) is 4.98 Å². The van der Waals surface area contributed by atoms with Gasteiger partial charge in [-0.15, -0.1) is 0 Å². The maximum Gasteiger partial charge on any atom is 0.338 e. The molecule has 1 aliphatic heterocycles. The smallest absolute Gasteiger partial charge is 0.338 e. The van der Waals surface area contributed by atoms with Crippen LogP contribution >= 0.6 is 0 Å². The van der Waals surface area contributed by atoms with E-state index in [-0.39, 0.29) is 12.4 Å². The number of nitrogens with zero attached hydrogens (tertiary/aromatic N) is 3. The predicted octanol–water partition coefficient (Wildman–Crippen LogP) is 2.64. The quantitative estimate of drug-likeness (QED) is 0.416. The standard InChI is InChI=1S/C21H25FN4O2/c1-15-18-13-17(22)8-9-19(18)25-21(15,16-7-6-11-24-14-16)10-4-2-3-5-12-26(28)20(23)27/h6-9,11,13-14,28H,2-5,10,12H2,1H3,(H2,23,27). The second kappa shape index (κ2) is 8.48. The molecule has 0 spiro atoms. The number of hydroxylamine groups is 2. The average molecular weight is 384 g/mol. The Hall–Kier alpha value is -2.80. The molecule has 0 fully saturated rings. The molecule has 6 nitrogen and oxygen atoms in total. The Morgan fingerprint density at radius 3 is 2.75 bits per heavy atom. The summed E-state index contributed by atoms with van der Waals surface area (Å²) in [4.78, 5) is 20.1. The zero-order valence-corrected chi connectivity index (χ0v) is 15.9. The van der Waals surface area contributed by atoms with Gasteiger partial charge in [0.1, 0.15) is 11.4 Å². The fourth-order valence-corrected chi connectivity index (χ4v) is 3.80. The summed E-state index contributed by atoms with van der Waals surface area (Å²) in [6.45, 7) is 2.24. The van der Waals surface area contributed by atoms with Crippen molar-refractivity contribution in [1.82, 2.24) is 10.0 Å². The third kappa shape index (κ3) is 4.04. The van der Waals surface area contributed by atoms with E-state index in [4.69, 9.17) is 10.7 Å². The van der Waals surface area contributed by atoms with Crippen LogP contribution in [0.4, 0.5) is 9.18 Å². The third-order valence-electron chi connectivity index (χ3n) is 5.35. The van der Waals surface area contributed by atoms with Gasteiger partial charge in [-0.05, 0) is 49.6 Å². The van der Waals surface area contributed by atoms with Gasteiger partial charge in [0.25, 0.3) is 0 Å². The summed E-state index contributed by atoms with van der Waals surface area (Å²) in [7, 11) is 0. The maximum absolute atomic E-state index is 13.8. The predicted molar refractivity (Wildman–Crippen MR) is 103 cm³/mol. The monoisotopic (exact) mass is 384 g/mol. The van der Waals surface area contributed by atoms with Gasteiger partial charge in [0.2, 0.25) is 0 Å². The summed E-state index contributed by atoms with van der Waals surface area (Å²) in [5, 5.41) is 11.5. The molecule has 0 bridgehead atoms. The van der Waals surface area contributed by atoms with Crippen molar-refractivity contribution in [1.29, 1.82) is 0 Å². The van der Waals surface area contributed by atoms with Crippen molar-refractivity contribution in [3.8, 4) is 0 Å². The van der Waals surface area contributed by atoms with Crippen LogP contribution in [0.5, 0.6) is 0 Å². The normalized spacial score (nSPS) is 17.9. The second-order valence-electron chi connectivity index (χ2n) is 7.13. The SMILES string of the molecule is CC1=c2cc(F)ccc2=NC1(CCCCCCN(O)C(N)=O)c1cccnc1. The number of carbonyl (C=O) groups is 1. The number of pyridine rings is 1. The van der Waals surface area contributed by atoms with Gasteiger partial charge in [-0.2, -0.15) is 0 Å². The van der Waals surface area contributed by atoms with Crippen LogP contribution in [0.3, 0.4) is 0 Å². The van der Waals surface area contributed by atoms with Crippen LogP contribution < -0.4 is 16.3 Å². The number of carbonyl (C=O) groups excluding carboxylic acids is 1. The Labute approximate surface area is 163 Å². The summed E-state index contributed by atoms with van der Waals surface area (Å²) in [5.41, 5.74) is 6.49. The number of unbranched alkanes of at least 4 members (excludes halogenated alkanes) is 3. The summed E-state index contributed by atoms with van der Waals surface area (Å²) in [5.74, 6) is -0.265. The topological polar surface area (TPSA) is 91.8 Å². The molecular formula is C21H25FN4O2. The maximum atomic E-state index is 13.8. The summed E-state index contributed by atoms with van der Waals surface area (Å²) in [6, 6.07) is 7.78. The van der Waals surface area contributed by atoms with Crippen LogP contribution in [0, 0.1) is 5.82 Å². The highest BCUT2D eigenvalue weighted by Crippen LogP contribution is 2.39. The molecule has 2 amide bonds. The van der Waals surface area contributed by atoms with E-state index in [0.717, 1.165) is 47.4 Å². The van der Waals surface area contributed by atoms with Gasteiger partial charge in [-0.1, -0.05) is 25.3 Å². The van der Waals surface area contributed by atoms with Crippen LogP contribution in [0.1, 0.15) is 44.6 Å². The van der Waals surface area contributed by atoms with Crippen molar-refractivity contribution in [2.75, 3.05) is 6.54 Å². The number of hydrogen-bond donors (Lipinski definition) is 2. The minimum absolute atomic E-state index is 0.226. The fourth-order valence-electron chi connectivity index (χ4n) is 3.80. The molecule has 0 radical (unpaired) electrons. The highest BCUT2D eigenvalue weighted by molar-refractivity contribution is 5.70. The van der Waals surface area contributed by atoms with Gasteiger partial charge in [0.05, 0.1) is 11.9 Å². The van der Waals surface area contributed by atoms with Crippen molar-refractivity contribution >= 4 is 11.6 Å². The van der Waals surface area contributed by atoms with E-state index in [9.17, 15) is 14.4 Å². The zero-order valence-electron chi connectivity index (χ0n) is 15.9. The number of primary amides is 1. The van der Waals surface area contributed by atoms with Gasteiger partial charge in [-0.25, -0.2) is 14.2 Å². The summed E-state index contributed by atoms with van der Waals surface area (Å²) < 4.78 is 13.8. The van der Waals surface area contributed by atoms with Crippen molar-refractivity contribution < 1.29 is 14.4 Å². The molecule has 1 unspecified atom stereocenters. The first-order valence-electron chi connectivity index (χ1n) is 9.47. The lowest BCUT2D eigenvalue weighted by Crippen LogP contribution is -2.33. The first-order valence-corrected chi connectivity index (χ1v) is 9.47. The van der Waals surface area contributed by atoms with Crippen molar-refractivity contribution in [3.05, 3.63) is 64.7 Å². The first kappa shape index (κ1) is 19.9. The number of halogens is 1. The first-order chi connectivity index (χ1) is 13.4. The number of rotatable bonds is 8. The molecule has 1 aromatic heterocycles. The van der Waals surface area contributed by atoms with Crippen molar-refractivity contribution in [3.63, 3.8) is 0 Å². The zero-order chi connectivity index (χ0) is 20.1. The number of nitrogens with two attached hydrogens (primary N) is 1. The Morgan fingerprint density at radius 1 is 1.25 bits per heavy atom. The molecule has 7 heteroatoms. The van der Waals surface area contributed by atoms with E-state index in [1.54, 1.807) is 18.3 Å². The minimum Gasteiger partial charge on any atom is -0.350 e. The lowest BCUT2D eigenvalue weighted by atomic mass is 9.80. The molecule has 3 rings (SSSR count). The third-order valence-corrected chi connectivity index (χ3v) is 5.35. The molecule has 148 valence electrons. The molecular weight excluding hydrogens is 359 g/mol. The highest BCUT2D eigenvalue weighted by atomic mass is 19.1. The van der Waals surface area contributed by atoms with E-state index in [1.807, 2.05) is 25.3 Å². The van der Waals surface area contributed by atoms with E-state index < -0.39 is 11.6 Å². The van der Waals surface area contributed by atoms with Gasteiger partial charge in [0.15, 0.2) is 0 Å². The molecule has 0 saturated heterocycles. The van der Waals surface area contributed by atoms with Crippen LogP contribution in [-0.2, 0) is 5.54 Å². The number of aromatic nitrogens is 1. The molecule has 0 saturated carbocycles. The average Bonchev–Trinajstić information content (AvgIpc) is 2.97. The molecule has 0 aliphatic carbocycles. The van der Waals surface area contributed by atoms with Gasteiger partial charge in [0, 0.05) is 23.2 Å². The minimum atomic E-state index is -0.837. The van der Waals surface area contributed by atoms with E-state index in [1.165, 1.54) is 6.07 Å². The molecule has 1 atom stereocenters. The molecule has 1 aliphatic rings. The molecule has 2 heterocycles. The Kier molecular flexibility index (Phi) is 6.04. The lowest BCUT2D eigenvalue weighted by molar-refractivity contribution is -0.0403. The van der Waals surface area contributed by atoms with Crippen LogP contribution in [0.25, 0.3) is 5.57 Å². The second-order valence-corrected chi connectivity index (χ2v) is 7.13. The Morgan fingerprint density at radius 2 is 2.04 bits per heavy atom. The van der Waals surface area contributed by atoms with Gasteiger partial charge >= 0.3 is 6.03 Å². The van der Waals surface area contributed by atoms with Gasteiger partial charge in [-0.3, -0.25) is 15.2 Å². The number of benzene rings is 1. The number of amides is 2. The van der Waals surface area contributed by atoms with Crippen LogP contribution in [0.15, 0.2) is 47.7 Å². The van der Waals surface area contributed by atoms with Crippen molar-refractivity contribution in [2.24, 2.45) is 10.7 Å². The molecule has 28 heavy (non-hydrogen) atoms. The number of hydrogen-bond acceptors (Lipinski definition) is 4. The van der Waals surface area contributed by atoms with Gasteiger partial charge < -0.3 is 5.73 Å². The largest absolute Gasteiger partial charge is 0.350 e. The summed E-state index contributed by atoms with van der Waals surface area (Å²) >= 11 is 0. The Bertz CT molecular complexity index is 964. The molecule has 1 aromatic carbocycles. The highest BCUT2D eigenvalue weighted by Gasteiger charge is 2.36. The van der Waals surface area contributed by atoms with E-state index >= 15 is 0 Å². The van der Waals surface area contributed by atoms with Crippen molar-refractivity contribution in [2.45, 2.75) is 44.6 Å². The Balaban J connectivity index is 1.75. The molecule has 3 N–H and O–H groups in total. The van der Waals surface area contributed by atoms with Crippen LogP contribution in [-0.4, -0.2) is 27.8 Å². The fraction of sp³-hybridized carbons (Fsp3) is 0.381. The van der Waals surface area contributed by atoms with E-state index in [0.29, 0.717) is 11.5 Å². The number of urea groups is 1. The lowest BCUT2D eigenvalue weighted by Gasteiger charge is -2.29. The summed E-state index contributed by atoms with van der Waals surface area (Å²) in [6.07, 6.45) is 7.67. The number of fused-ring (bicyclic) bond motifs is 1.